The number of aryl methyl sites for hydroxylation is 1. The number of pyridine rings is 1. The molecule has 3 heteroatoms. The predicted octanol–water partition coefficient (Wildman–Crippen LogP) is 2.97. The van der Waals surface area contributed by atoms with E-state index in [0.717, 1.165) is 36.0 Å². The quantitative estimate of drug-likeness (QED) is 0.837. The van der Waals surface area contributed by atoms with Crippen LogP contribution in [0.3, 0.4) is 0 Å². The topological polar surface area (TPSA) is 45.1 Å². The smallest absolute Gasteiger partial charge is 0.0705 e. The molecule has 0 aliphatic heterocycles. The van der Waals surface area contributed by atoms with E-state index in [1.807, 2.05) is 13.0 Å². The number of nitrogens with one attached hydrogen (secondary N) is 1. The van der Waals surface area contributed by atoms with Crippen molar-refractivity contribution in [3.05, 3.63) is 41.6 Å². The van der Waals surface area contributed by atoms with Crippen LogP contribution in [0.5, 0.6) is 0 Å². The molecule has 0 spiro atoms. The fraction of sp³-hybridized carbons (Fsp3) is 0.438. The first kappa shape index (κ1) is 14.0. The van der Waals surface area contributed by atoms with Crippen LogP contribution < -0.4 is 5.32 Å². The molecule has 0 radical (unpaired) electrons. The van der Waals surface area contributed by atoms with Crippen LogP contribution in [0, 0.1) is 6.92 Å². The molecule has 1 aromatic carbocycles. The van der Waals surface area contributed by atoms with E-state index >= 15 is 0 Å². The second kappa shape index (κ2) is 6.64. The van der Waals surface area contributed by atoms with Crippen LogP contribution in [-0.4, -0.2) is 23.2 Å². The summed E-state index contributed by atoms with van der Waals surface area (Å²) in [5.74, 6) is 0. The maximum atomic E-state index is 9.19. The lowest BCUT2D eigenvalue weighted by Gasteiger charge is -2.18. The summed E-state index contributed by atoms with van der Waals surface area (Å²) in [5.41, 5.74) is 3.29. The van der Waals surface area contributed by atoms with Crippen molar-refractivity contribution in [1.82, 2.24) is 10.3 Å². The predicted molar refractivity (Wildman–Crippen MR) is 79.2 cm³/mol. The Morgan fingerprint density at radius 3 is 2.84 bits per heavy atom. The molecule has 2 N–H and O–H groups in total. The summed E-state index contributed by atoms with van der Waals surface area (Å²) in [6, 6.07) is 10.7. The minimum Gasteiger partial charge on any atom is -0.396 e. The van der Waals surface area contributed by atoms with Gasteiger partial charge in [0.2, 0.25) is 0 Å². The zero-order valence-corrected chi connectivity index (χ0v) is 11.7. The highest BCUT2D eigenvalue weighted by atomic mass is 16.3. The van der Waals surface area contributed by atoms with Crippen LogP contribution in [0.1, 0.15) is 37.1 Å². The highest BCUT2D eigenvalue weighted by molar-refractivity contribution is 5.79. The molecule has 0 saturated carbocycles. The molecule has 102 valence electrons. The maximum Gasteiger partial charge on any atom is 0.0705 e. The first-order valence-corrected chi connectivity index (χ1v) is 6.96. The van der Waals surface area contributed by atoms with Crippen LogP contribution in [-0.2, 0) is 0 Å². The lowest BCUT2D eigenvalue weighted by atomic mass is 10.0. The number of aromatic nitrogens is 1. The normalized spacial score (nSPS) is 12.8. The van der Waals surface area contributed by atoms with Gasteiger partial charge >= 0.3 is 0 Å². The molecule has 1 heterocycles. The van der Waals surface area contributed by atoms with Gasteiger partial charge in [0.1, 0.15) is 0 Å². The number of rotatable bonds is 6. The lowest BCUT2D eigenvalue weighted by Crippen LogP contribution is -2.23. The van der Waals surface area contributed by atoms with Crippen LogP contribution in [0.4, 0.5) is 0 Å². The molecule has 1 atom stereocenters. The van der Waals surface area contributed by atoms with E-state index in [4.69, 9.17) is 0 Å². The van der Waals surface area contributed by atoms with Crippen molar-refractivity contribution in [2.45, 2.75) is 32.7 Å². The van der Waals surface area contributed by atoms with Gasteiger partial charge in [0.15, 0.2) is 0 Å². The van der Waals surface area contributed by atoms with E-state index in [2.05, 4.69) is 41.5 Å². The van der Waals surface area contributed by atoms with Crippen molar-refractivity contribution < 1.29 is 5.11 Å². The van der Waals surface area contributed by atoms with Gasteiger partial charge in [-0.1, -0.05) is 19.1 Å². The molecule has 2 aromatic rings. The van der Waals surface area contributed by atoms with Crippen molar-refractivity contribution in [3.63, 3.8) is 0 Å². The van der Waals surface area contributed by atoms with E-state index in [1.165, 1.54) is 5.56 Å². The number of benzene rings is 1. The fourth-order valence-corrected chi connectivity index (χ4v) is 2.30. The maximum absolute atomic E-state index is 9.19. The third-order valence-electron chi connectivity index (χ3n) is 3.31. The average Bonchev–Trinajstić information content (AvgIpc) is 2.43. The number of aliphatic hydroxyl groups is 1. The Morgan fingerprint density at radius 2 is 2.11 bits per heavy atom. The van der Waals surface area contributed by atoms with Crippen molar-refractivity contribution >= 4 is 10.9 Å². The van der Waals surface area contributed by atoms with E-state index in [-0.39, 0.29) is 12.6 Å². The Kier molecular flexibility index (Phi) is 4.88. The summed E-state index contributed by atoms with van der Waals surface area (Å²) in [6.45, 7) is 5.32. The Labute approximate surface area is 114 Å². The molecule has 1 aromatic heterocycles. The summed E-state index contributed by atoms with van der Waals surface area (Å²) < 4.78 is 0. The van der Waals surface area contributed by atoms with Crippen molar-refractivity contribution in [2.75, 3.05) is 13.2 Å². The minimum atomic E-state index is 0.200. The highest BCUT2D eigenvalue weighted by Gasteiger charge is 2.10. The molecule has 0 aliphatic rings. The number of fused-ring (bicyclic) bond motifs is 1. The third-order valence-corrected chi connectivity index (χ3v) is 3.31. The first-order valence-electron chi connectivity index (χ1n) is 6.96. The van der Waals surface area contributed by atoms with Gasteiger partial charge in [-0.15, -0.1) is 0 Å². The summed E-state index contributed by atoms with van der Waals surface area (Å²) in [7, 11) is 0. The summed E-state index contributed by atoms with van der Waals surface area (Å²) in [6.07, 6.45) is 1.83. The van der Waals surface area contributed by atoms with E-state index in [1.54, 1.807) is 0 Å². The molecule has 0 fully saturated rings. The van der Waals surface area contributed by atoms with Crippen LogP contribution in [0.2, 0.25) is 0 Å². The van der Waals surface area contributed by atoms with Crippen LogP contribution in [0.15, 0.2) is 30.3 Å². The van der Waals surface area contributed by atoms with E-state index in [9.17, 15) is 5.11 Å². The molecule has 19 heavy (non-hydrogen) atoms. The largest absolute Gasteiger partial charge is 0.396 e. The number of hydrogen-bond donors (Lipinski definition) is 2. The standard InChI is InChI=1S/C16H22N2O/c1-3-9-17-15(8-10-19)13-6-7-16-14(11-13)5-4-12(2)18-16/h4-7,11,15,17,19H,3,8-10H2,1-2H3. The Balaban J connectivity index is 2.29. The Morgan fingerprint density at radius 1 is 1.26 bits per heavy atom. The van der Waals surface area contributed by atoms with Crippen molar-refractivity contribution in [3.8, 4) is 0 Å². The van der Waals surface area contributed by atoms with Gasteiger partial charge in [0.25, 0.3) is 0 Å². The van der Waals surface area contributed by atoms with E-state index in [0.29, 0.717) is 0 Å². The molecular formula is C16H22N2O. The molecule has 0 aliphatic carbocycles. The monoisotopic (exact) mass is 258 g/mol. The molecule has 3 nitrogen and oxygen atoms in total. The van der Waals surface area contributed by atoms with Crippen molar-refractivity contribution in [1.29, 1.82) is 0 Å². The second-order valence-corrected chi connectivity index (χ2v) is 4.92. The van der Waals surface area contributed by atoms with Crippen molar-refractivity contribution in [2.24, 2.45) is 0 Å². The highest BCUT2D eigenvalue weighted by Crippen LogP contribution is 2.21. The fourth-order valence-electron chi connectivity index (χ4n) is 2.30. The van der Waals surface area contributed by atoms with Gasteiger partial charge in [-0.05, 0) is 50.1 Å². The average molecular weight is 258 g/mol. The third kappa shape index (κ3) is 3.52. The van der Waals surface area contributed by atoms with Gasteiger partial charge < -0.3 is 10.4 Å². The minimum absolute atomic E-state index is 0.200. The molecule has 1 unspecified atom stereocenters. The van der Waals surface area contributed by atoms with Gasteiger partial charge in [-0.2, -0.15) is 0 Å². The molecule has 0 bridgehead atoms. The molecule has 2 rings (SSSR count). The number of aliphatic hydroxyl groups excluding tert-OH is 1. The SMILES string of the molecule is CCCNC(CCO)c1ccc2nc(C)ccc2c1. The molecule has 0 saturated heterocycles. The van der Waals surface area contributed by atoms with Gasteiger partial charge in [0, 0.05) is 23.7 Å². The zero-order valence-electron chi connectivity index (χ0n) is 11.7. The first-order chi connectivity index (χ1) is 9.24. The number of nitrogens with zero attached hydrogens (tertiary/aromatic N) is 1. The van der Waals surface area contributed by atoms with Gasteiger partial charge in [-0.3, -0.25) is 4.98 Å². The van der Waals surface area contributed by atoms with E-state index < -0.39 is 0 Å². The summed E-state index contributed by atoms with van der Waals surface area (Å²) >= 11 is 0. The second-order valence-electron chi connectivity index (χ2n) is 4.92. The zero-order chi connectivity index (χ0) is 13.7. The summed E-state index contributed by atoms with van der Waals surface area (Å²) in [5, 5.41) is 13.8. The molecule has 0 amide bonds. The van der Waals surface area contributed by atoms with Gasteiger partial charge in [-0.25, -0.2) is 0 Å². The summed E-state index contributed by atoms with van der Waals surface area (Å²) in [4.78, 5) is 4.51. The number of hydrogen-bond acceptors (Lipinski definition) is 3. The lowest BCUT2D eigenvalue weighted by molar-refractivity contribution is 0.265. The Hall–Kier alpha value is -1.45. The Bertz CT molecular complexity index is 539. The molecular weight excluding hydrogens is 236 g/mol. The van der Waals surface area contributed by atoms with Crippen LogP contribution >= 0.6 is 0 Å². The van der Waals surface area contributed by atoms with Crippen LogP contribution in [0.25, 0.3) is 10.9 Å². The van der Waals surface area contributed by atoms with Gasteiger partial charge in [0.05, 0.1) is 5.52 Å².